The van der Waals surface area contributed by atoms with E-state index in [0.29, 0.717) is 59.1 Å². The summed E-state index contributed by atoms with van der Waals surface area (Å²) >= 11 is 0. The van der Waals surface area contributed by atoms with Gasteiger partial charge in [-0.05, 0) is 24.6 Å². The van der Waals surface area contributed by atoms with E-state index in [0.717, 1.165) is 26.1 Å². The van der Waals surface area contributed by atoms with Gasteiger partial charge < -0.3 is 28.3 Å². The summed E-state index contributed by atoms with van der Waals surface area (Å²) < 4.78 is 28.0. The molecular formula is C27H30N2O7. The van der Waals surface area contributed by atoms with Gasteiger partial charge in [0.2, 0.25) is 5.76 Å². The highest BCUT2D eigenvalue weighted by molar-refractivity contribution is 5.99. The summed E-state index contributed by atoms with van der Waals surface area (Å²) in [4.78, 5) is 31.6. The molecule has 5 rings (SSSR count). The first-order valence-electron chi connectivity index (χ1n) is 12.0. The molecule has 2 aliphatic heterocycles. The second-order valence-electron chi connectivity index (χ2n) is 8.83. The smallest absolute Gasteiger partial charge is 0.290 e. The molecule has 0 unspecified atom stereocenters. The normalized spacial score (nSPS) is 17.9. The number of hydrogen-bond acceptors (Lipinski definition) is 8. The number of carbonyl (C=O) groups excluding carboxylic acids is 1. The largest absolute Gasteiger partial charge is 0.497 e. The van der Waals surface area contributed by atoms with E-state index < -0.39 is 6.04 Å². The van der Waals surface area contributed by atoms with Gasteiger partial charge in [-0.1, -0.05) is 12.1 Å². The molecule has 2 aliphatic rings. The Morgan fingerprint density at radius 1 is 0.972 bits per heavy atom. The van der Waals surface area contributed by atoms with Crippen LogP contribution < -0.4 is 19.6 Å². The topological polar surface area (TPSA) is 90.7 Å². The number of ether oxygens (including phenoxy) is 4. The molecule has 1 fully saturated rings. The highest BCUT2D eigenvalue weighted by atomic mass is 16.5. The monoisotopic (exact) mass is 494 g/mol. The van der Waals surface area contributed by atoms with Crippen molar-refractivity contribution in [1.29, 1.82) is 0 Å². The van der Waals surface area contributed by atoms with Gasteiger partial charge in [-0.2, -0.15) is 0 Å². The summed E-state index contributed by atoms with van der Waals surface area (Å²) in [7, 11) is 4.65. The number of fused-ring (bicyclic) bond motifs is 2. The van der Waals surface area contributed by atoms with E-state index in [1.807, 2.05) is 12.1 Å². The fourth-order valence-corrected chi connectivity index (χ4v) is 5.10. The van der Waals surface area contributed by atoms with Gasteiger partial charge in [0, 0.05) is 37.8 Å². The summed E-state index contributed by atoms with van der Waals surface area (Å²) in [6.45, 7) is 4.44. The van der Waals surface area contributed by atoms with Gasteiger partial charge in [0.15, 0.2) is 16.9 Å². The van der Waals surface area contributed by atoms with Crippen molar-refractivity contribution in [3.8, 4) is 17.2 Å². The van der Waals surface area contributed by atoms with Crippen LogP contribution in [0.5, 0.6) is 17.2 Å². The van der Waals surface area contributed by atoms with Crippen molar-refractivity contribution in [1.82, 2.24) is 9.80 Å². The number of methoxy groups -OCH3 is 3. The van der Waals surface area contributed by atoms with Crippen LogP contribution in [0, 0.1) is 0 Å². The molecule has 190 valence electrons. The Labute approximate surface area is 209 Å². The maximum atomic E-state index is 13.8. The maximum absolute atomic E-state index is 13.8. The molecule has 0 aliphatic carbocycles. The Balaban J connectivity index is 1.60. The predicted molar refractivity (Wildman–Crippen MR) is 133 cm³/mol. The molecule has 1 saturated heterocycles. The van der Waals surface area contributed by atoms with E-state index in [9.17, 15) is 9.59 Å². The molecule has 0 saturated carbocycles. The number of benzene rings is 2. The van der Waals surface area contributed by atoms with E-state index in [-0.39, 0.29) is 17.1 Å². The quantitative estimate of drug-likeness (QED) is 0.472. The first-order valence-corrected chi connectivity index (χ1v) is 12.0. The Morgan fingerprint density at radius 3 is 2.50 bits per heavy atom. The zero-order valence-corrected chi connectivity index (χ0v) is 20.7. The molecule has 9 nitrogen and oxygen atoms in total. The Bertz CT molecular complexity index is 1330. The van der Waals surface area contributed by atoms with Gasteiger partial charge in [0.25, 0.3) is 5.91 Å². The van der Waals surface area contributed by atoms with E-state index in [2.05, 4.69) is 4.90 Å². The molecule has 3 heterocycles. The molecule has 9 heteroatoms. The number of para-hydroxylation sites is 1. The number of rotatable bonds is 8. The van der Waals surface area contributed by atoms with Gasteiger partial charge in [0.1, 0.15) is 11.3 Å². The minimum atomic E-state index is -0.662. The van der Waals surface area contributed by atoms with E-state index in [1.165, 1.54) is 0 Å². The van der Waals surface area contributed by atoms with Crippen molar-refractivity contribution < 1.29 is 28.2 Å². The van der Waals surface area contributed by atoms with Gasteiger partial charge in [0.05, 0.1) is 51.5 Å². The second kappa shape index (κ2) is 10.2. The van der Waals surface area contributed by atoms with Gasteiger partial charge in [-0.15, -0.1) is 0 Å². The van der Waals surface area contributed by atoms with Crippen molar-refractivity contribution in [2.75, 3.05) is 60.7 Å². The molecule has 0 spiro atoms. The SMILES string of the molecule is COc1ccc2c(=O)c3c(oc2c1)C(=O)N(CCCN1CCOCC1)[C@@H]3c1cccc(OC)c1OC. The van der Waals surface area contributed by atoms with E-state index in [4.69, 9.17) is 23.4 Å². The lowest BCUT2D eigenvalue weighted by Gasteiger charge is -2.29. The number of hydrogen-bond donors (Lipinski definition) is 0. The van der Waals surface area contributed by atoms with Crippen LogP contribution in [0.15, 0.2) is 45.6 Å². The zero-order chi connectivity index (χ0) is 25.2. The summed E-state index contributed by atoms with van der Waals surface area (Å²) in [5.74, 6) is 1.30. The molecule has 36 heavy (non-hydrogen) atoms. The van der Waals surface area contributed by atoms with Crippen LogP contribution in [0.2, 0.25) is 0 Å². The predicted octanol–water partition coefficient (Wildman–Crippen LogP) is 3.09. The highest BCUT2D eigenvalue weighted by Gasteiger charge is 2.44. The van der Waals surface area contributed by atoms with Crippen LogP contribution in [0.3, 0.4) is 0 Å². The molecule has 3 aromatic rings. The molecule has 2 aromatic carbocycles. The minimum Gasteiger partial charge on any atom is -0.497 e. The fraction of sp³-hybridized carbons (Fsp3) is 0.407. The lowest BCUT2D eigenvalue weighted by Crippen LogP contribution is -2.39. The fourth-order valence-electron chi connectivity index (χ4n) is 5.10. The molecule has 1 aromatic heterocycles. The summed E-state index contributed by atoms with van der Waals surface area (Å²) in [6, 6.07) is 9.84. The molecule has 1 atom stereocenters. The maximum Gasteiger partial charge on any atom is 0.290 e. The van der Waals surface area contributed by atoms with Gasteiger partial charge in [-0.3, -0.25) is 14.5 Å². The van der Waals surface area contributed by atoms with Crippen LogP contribution in [0.25, 0.3) is 11.0 Å². The van der Waals surface area contributed by atoms with Crippen molar-refractivity contribution in [2.45, 2.75) is 12.5 Å². The Morgan fingerprint density at radius 2 is 1.78 bits per heavy atom. The average molecular weight is 495 g/mol. The minimum absolute atomic E-state index is 0.0574. The van der Waals surface area contributed by atoms with Crippen LogP contribution in [-0.4, -0.2) is 76.4 Å². The molecular weight excluding hydrogens is 464 g/mol. The standard InChI is InChI=1S/C27H30N2O7/c1-32-17-8-9-18-21(16-17)36-26-22(24(18)30)23(19-6-4-7-20(33-2)25(19)34-3)29(27(26)31)11-5-10-28-12-14-35-15-13-28/h4,6-9,16,23H,5,10-15H2,1-3H3/t23-/m1/s1. The first-order chi connectivity index (χ1) is 17.6. The van der Waals surface area contributed by atoms with Crippen molar-refractivity contribution in [3.63, 3.8) is 0 Å². The molecule has 0 N–H and O–H groups in total. The van der Waals surface area contributed by atoms with E-state index >= 15 is 0 Å². The van der Waals surface area contributed by atoms with Crippen molar-refractivity contribution in [3.05, 3.63) is 63.5 Å². The molecule has 0 radical (unpaired) electrons. The summed E-state index contributed by atoms with van der Waals surface area (Å²) in [6.07, 6.45) is 0.740. The highest BCUT2D eigenvalue weighted by Crippen LogP contribution is 2.44. The van der Waals surface area contributed by atoms with Crippen molar-refractivity contribution >= 4 is 16.9 Å². The lowest BCUT2D eigenvalue weighted by molar-refractivity contribution is 0.0353. The van der Waals surface area contributed by atoms with E-state index in [1.54, 1.807) is 50.5 Å². The lowest BCUT2D eigenvalue weighted by atomic mass is 9.97. The summed E-state index contributed by atoms with van der Waals surface area (Å²) in [5, 5.41) is 0.393. The Kier molecular flexibility index (Phi) is 6.84. The van der Waals surface area contributed by atoms with Gasteiger partial charge >= 0.3 is 0 Å². The van der Waals surface area contributed by atoms with Crippen LogP contribution >= 0.6 is 0 Å². The van der Waals surface area contributed by atoms with Crippen LogP contribution in [0.1, 0.15) is 34.1 Å². The van der Waals surface area contributed by atoms with Crippen molar-refractivity contribution in [2.24, 2.45) is 0 Å². The van der Waals surface area contributed by atoms with Crippen LogP contribution in [-0.2, 0) is 4.74 Å². The number of nitrogens with zero attached hydrogens (tertiary/aromatic N) is 2. The number of carbonyl (C=O) groups is 1. The third-order valence-corrected chi connectivity index (χ3v) is 6.88. The zero-order valence-electron chi connectivity index (χ0n) is 20.7. The van der Waals surface area contributed by atoms with Gasteiger partial charge in [-0.25, -0.2) is 0 Å². The molecule has 0 bridgehead atoms. The number of amides is 1. The third kappa shape index (κ3) is 4.18. The third-order valence-electron chi connectivity index (χ3n) is 6.88. The average Bonchev–Trinajstić information content (AvgIpc) is 3.19. The summed E-state index contributed by atoms with van der Waals surface area (Å²) in [5.41, 5.74) is 1.07. The van der Waals surface area contributed by atoms with Crippen LogP contribution in [0.4, 0.5) is 0 Å². The Hall–Kier alpha value is -3.56. The first kappa shape index (κ1) is 24.1. The second-order valence-corrected chi connectivity index (χ2v) is 8.83. The molecule has 1 amide bonds. The number of morpholine rings is 1.